The first-order chi connectivity index (χ1) is 12.1. The average Bonchev–Trinajstić information content (AvgIpc) is 2.92. The SMILES string of the molecule is COCCn1c(C)cc(C(=O)CSc2ccc3c(c2)OCCO3)c1C. The van der Waals surface area contributed by atoms with E-state index in [0.29, 0.717) is 25.6 Å². The van der Waals surface area contributed by atoms with Gasteiger partial charge in [0.05, 0.1) is 12.4 Å². The Morgan fingerprint density at radius 3 is 2.72 bits per heavy atom. The molecule has 2 heterocycles. The maximum atomic E-state index is 12.6. The Labute approximate surface area is 152 Å². The van der Waals surface area contributed by atoms with Crippen molar-refractivity contribution in [3.63, 3.8) is 0 Å². The monoisotopic (exact) mass is 361 g/mol. The molecule has 1 aromatic carbocycles. The summed E-state index contributed by atoms with van der Waals surface area (Å²) < 4.78 is 18.4. The van der Waals surface area contributed by atoms with Crippen LogP contribution in [0.25, 0.3) is 0 Å². The van der Waals surface area contributed by atoms with Crippen molar-refractivity contribution >= 4 is 17.5 Å². The molecule has 25 heavy (non-hydrogen) atoms. The highest BCUT2D eigenvalue weighted by Gasteiger charge is 2.17. The zero-order valence-corrected chi connectivity index (χ0v) is 15.6. The summed E-state index contributed by atoms with van der Waals surface area (Å²) in [5, 5.41) is 0. The summed E-state index contributed by atoms with van der Waals surface area (Å²) in [5.74, 6) is 2.05. The van der Waals surface area contributed by atoms with E-state index in [0.717, 1.165) is 39.9 Å². The van der Waals surface area contributed by atoms with Crippen LogP contribution in [0.15, 0.2) is 29.2 Å². The van der Waals surface area contributed by atoms with Crippen molar-refractivity contribution in [1.29, 1.82) is 0 Å². The molecule has 6 heteroatoms. The van der Waals surface area contributed by atoms with Crippen molar-refractivity contribution in [3.05, 3.63) is 41.2 Å². The van der Waals surface area contributed by atoms with Crippen LogP contribution >= 0.6 is 11.8 Å². The quantitative estimate of drug-likeness (QED) is 0.558. The first-order valence-corrected chi connectivity index (χ1v) is 9.30. The second-order valence-corrected chi connectivity index (χ2v) is 7.00. The minimum Gasteiger partial charge on any atom is -0.486 e. The van der Waals surface area contributed by atoms with Gasteiger partial charge in [0.1, 0.15) is 13.2 Å². The largest absolute Gasteiger partial charge is 0.486 e. The third-order valence-electron chi connectivity index (χ3n) is 4.28. The highest BCUT2D eigenvalue weighted by atomic mass is 32.2. The fourth-order valence-electron chi connectivity index (χ4n) is 2.95. The topological polar surface area (TPSA) is 49.7 Å². The number of carbonyl (C=O) groups excluding carboxylic acids is 1. The van der Waals surface area contributed by atoms with Crippen LogP contribution in [0, 0.1) is 13.8 Å². The van der Waals surface area contributed by atoms with E-state index in [4.69, 9.17) is 14.2 Å². The van der Waals surface area contributed by atoms with Crippen molar-refractivity contribution in [2.24, 2.45) is 0 Å². The lowest BCUT2D eigenvalue weighted by atomic mass is 10.2. The maximum absolute atomic E-state index is 12.6. The zero-order valence-electron chi connectivity index (χ0n) is 14.8. The van der Waals surface area contributed by atoms with Gasteiger partial charge in [-0.15, -0.1) is 11.8 Å². The van der Waals surface area contributed by atoms with Crippen molar-refractivity contribution in [2.75, 3.05) is 32.7 Å². The standard InChI is InChI=1S/C19H23NO4S/c1-13-10-16(14(2)20(13)6-7-22-3)17(21)12-25-15-4-5-18-19(11-15)24-9-8-23-18/h4-5,10-11H,6-9,12H2,1-3H3. The molecule has 1 aliphatic heterocycles. The molecule has 0 saturated carbocycles. The van der Waals surface area contributed by atoms with Crippen LogP contribution < -0.4 is 9.47 Å². The van der Waals surface area contributed by atoms with Crippen molar-refractivity contribution in [3.8, 4) is 11.5 Å². The Bertz CT molecular complexity index is 769. The van der Waals surface area contributed by atoms with Gasteiger partial charge in [0.25, 0.3) is 0 Å². The number of ether oxygens (including phenoxy) is 3. The molecule has 3 rings (SSSR count). The van der Waals surface area contributed by atoms with E-state index in [1.54, 1.807) is 7.11 Å². The Balaban J connectivity index is 1.67. The molecule has 0 amide bonds. The molecule has 5 nitrogen and oxygen atoms in total. The van der Waals surface area contributed by atoms with Gasteiger partial charge in [0.15, 0.2) is 17.3 Å². The summed E-state index contributed by atoms with van der Waals surface area (Å²) in [6.07, 6.45) is 0. The number of Topliss-reactive ketones (excluding diaryl/α,β-unsaturated/α-hetero) is 1. The Kier molecular flexibility index (Phi) is 5.71. The number of carbonyl (C=O) groups is 1. The van der Waals surface area contributed by atoms with Crippen LogP contribution in [-0.2, 0) is 11.3 Å². The zero-order chi connectivity index (χ0) is 17.8. The molecule has 2 aromatic rings. The average molecular weight is 361 g/mol. The summed E-state index contributed by atoms with van der Waals surface area (Å²) >= 11 is 1.52. The molecule has 0 N–H and O–H groups in total. The first kappa shape index (κ1) is 17.9. The molecule has 0 atom stereocenters. The lowest BCUT2D eigenvalue weighted by Crippen LogP contribution is -2.15. The minimum absolute atomic E-state index is 0.136. The summed E-state index contributed by atoms with van der Waals surface area (Å²) in [6, 6.07) is 7.78. The van der Waals surface area contributed by atoms with E-state index in [1.807, 2.05) is 38.1 Å². The van der Waals surface area contributed by atoms with Crippen molar-refractivity contribution in [1.82, 2.24) is 4.57 Å². The number of nitrogens with zero attached hydrogens (tertiary/aromatic N) is 1. The molecule has 0 saturated heterocycles. The Morgan fingerprint density at radius 2 is 1.96 bits per heavy atom. The summed E-state index contributed by atoms with van der Waals surface area (Å²) in [6.45, 7) is 6.55. The van der Waals surface area contributed by atoms with E-state index in [1.165, 1.54) is 11.8 Å². The van der Waals surface area contributed by atoms with Crippen LogP contribution in [0.2, 0.25) is 0 Å². The number of hydrogen-bond acceptors (Lipinski definition) is 5. The van der Waals surface area contributed by atoms with Gasteiger partial charge in [-0.25, -0.2) is 0 Å². The Hall–Kier alpha value is -1.92. The third kappa shape index (κ3) is 4.02. The maximum Gasteiger partial charge on any atom is 0.174 e. The van der Waals surface area contributed by atoms with Crippen LogP contribution in [-0.4, -0.2) is 43.0 Å². The molecule has 1 aliphatic rings. The van der Waals surface area contributed by atoms with Gasteiger partial charge in [0, 0.05) is 35.5 Å². The molecule has 134 valence electrons. The van der Waals surface area contributed by atoms with E-state index in [2.05, 4.69) is 4.57 Å². The van der Waals surface area contributed by atoms with Gasteiger partial charge in [-0.3, -0.25) is 4.79 Å². The predicted molar refractivity (Wildman–Crippen MR) is 98.3 cm³/mol. The van der Waals surface area contributed by atoms with Crippen LogP contribution in [0.5, 0.6) is 11.5 Å². The number of rotatable bonds is 7. The third-order valence-corrected chi connectivity index (χ3v) is 5.27. The van der Waals surface area contributed by atoms with Gasteiger partial charge in [-0.2, -0.15) is 0 Å². The smallest absolute Gasteiger partial charge is 0.174 e. The second kappa shape index (κ2) is 7.97. The number of aromatic nitrogens is 1. The molecule has 0 radical (unpaired) electrons. The number of methoxy groups -OCH3 is 1. The Morgan fingerprint density at radius 1 is 1.20 bits per heavy atom. The number of hydrogen-bond donors (Lipinski definition) is 0. The van der Waals surface area contributed by atoms with Gasteiger partial charge >= 0.3 is 0 Å². The first-order valence-electron chi connectivity index (χ1n) is 8.31. The number of fused-ring (bicyclic) bond motifs is 1. The molecule has 0 unspecified atom stereocenters. The van der Waals surface area contributed by atoms with Crippen LogP contribution in [0.3, 0.4) is 0 Å². The molecular formula is C19H23NO4S. The van der Waals surface area contributed by atoms with Gasteiger partial charge in [-0.1, -0.05) is 0 Å². The number of ketones is 1. The van der Waals surface area contributed by atoms with Crippen LogP contribution in [0.4, 0.5) is 0 Å². The number of thioether (sulfide) groups is 1. The van der Waals surface area contributed by atoms with Crippen LogP contribution in [0.1, 0.15) is 21.7 Å². The van der Waals surface area contributed by atoms with Crippen molar-refractivity contribution < 1.29 is 19.0 Å². The summed E-state index contributed by atoms with van der Waals surface area (Å²) in [7, 11) is 1.68. The molecule has 0 fully saturated rings. The molecule has 0 aliphatic carbocycles. The second-order valence-electron chi connectivity index (χ2n) is 5.95. The van der Waals surface area contributed by atoms with Crippen molar-refractivity contribution in [2.45, 2.75) is 25.3 Å². The minimum atomic E-state index is 0.136. The number of aryl methyl sites for hydroxylation is 1. The van der Waals surface area contributed by atoms with E-state index < -0.39 is 0 Å². The molecule has 0 bridgehead atoms. The lowest BCUT2D eigenvalue weighted by molar-refractivity contribution is 0.102. The molecule has 1 aromatic heterocycles. The van der Waals surface area contributed by atoms with Gasteiger partial charge in [-0.05, 0) is 38.1 Å². The van der Waals surface area contributed by atoms with E-state index >= 15 is 0 Å². The number of benzene rings is 1. The molecule has 0 spiro atoms. The van der Waals surface area contributed by atoms with Gasteiger partial charge in [0.2, 0.25) is 0 Å². The fraction of sp³-hybridized carbons (Fsp3) is 0.421. The fourth-order valence-corrected chi connectivity index (χ4v) is 3.76. The normalized spacial score (nSPS) is 13.1. The highest BCUT2D eigenvalue weighted by molar-refractivity contribution is 8.00. The highest BCUT2D eigenvalue weighted by Crippen LogP contribution is 2.34. The van der Waals surface area contributed by atoms with Gasteiger partial charge < -0.3 is 18.8 Å². The van der Waals surface area contributed by atoms with E-state index in [-0.39, 0.29) is 5.78 Å². The summed E-state index contributed by atoms with van der Waals surface area (Å²) in [5.41, 5.74) is 2.88. The molecular weight excluding hydrogens is 338 g/mol. The summed E-state index contributed by atoms with van der Waals surface area (Å²) in [4.78, 5) is 13.7. The predicted octanol–water partition coefficient (Wildman–Crippen LogP) is 3.50. The lowest BCUT2D eigenvalue weighted by Gasteiger charge is -2.18. The van der Waals surface area contributed by atoms with E-state index in [9.17, 15) is 4.79 Å².